The summed E-state index contributed by atoms with van der Waals surface area (Å²) in [4.78, 5) is 12.1. The molecule has 0 bridgehead atoms. The van der Waals surface area contributed by atoms with Crippen LogP contribution >= 0.6 is 27.5 Å². The van der Waals surface area contributed by atoms with Crippen molar-refractivity contribution in [3.8, 4) is 17.2 Å². The molecule has 0 fully saturated rings. The Balaban J connectivity index is 1.50. The normalized spacial score (nSPS) is 12.1. The fourth-order valence-corrected chi connectivity index (χ4v) is 2.63. The molecule has 23 heavy (non-hydrogen) atoms. The molecule has 1 amide bonds. The SMILES string of the molecule is O=C(NCCOc1ccc2c(c1)OCO2)c1cc(Br)ccc1Cl. The lowest BCUT2D eigenvalue weighted by Crippen LogP contribution is -2.28. The van der Waals surface area contributed by atoms with Gasteiger partial charge in [0.15, 0.2) is 11.5 Å². The molecular formula is C16H13BrClNO4. The summed E-state index contributed by atoms with van der Waals surface area (Å²) in [7, 11) is 0. The van der Waals surface area contributed by atoms with Crippen molar-refractivity contribution in [3.05, 3.63) is 51.5 Å². The van der Waals surface area contributed by atoms with Crippen molar-refractivity contribution < 1.29 is 19.0 Å². The van der Waals surface area contributed by atoms with Gasteiger partial charge < -0.3 is 19.5 Å². The van der Waals surface area contributed by atoms with Crippen LogP contribution in [-0.4, -0.2) is 25.9 Å². The summed E-state index contributed by atoms with van der Waals surface area (Å²) in [5, 5.41) is 3.17. The van der Waals surface area contributed by atoms with Crippen molar-refractivity contribution in [2.45, 2.75) is 0 Å². The summed E-state index contributed by atoms with van der Waals surface area (Å²) in [6, 6.07) is 10.5. The first kappa shape index (κ1) is 16.0. The average molecular weight is 399 g/mol. The van der Waals surface area contributed by atoms with Gasteiger partial charge in [-0.15, -0.1) is 0 Å². The molecule has 120 valence electrons. The first-order chi connectivity index (χ1) is 11.1. The summed E-state index contributed by atoms with van der Waals surface area (Å²) < 4.78 is 16.9. The van der Waals surface area contributed by atoms with Crippen LogP contribution in [-0.2, 0) is 0 Å². The van der Waals surface area contributed by atoms with E-state index in [-0.39, 0.29) is 12.7 Å². The first-order valence-corrected chi connectivity index (χ1v) is 8.06. The third-order valence-corrected chi connectivity index (χ3v) is 4.00. The number of rotatable bonds is 5. The second kappa shape index (κ2) is 7.10. The fraction of sp³-hybridized carbons (Fsp3) is 0.188. The summed E-state index contributed by atoms with van der Waals surface area (Å²) >= 11 is 9.33. The van der Waals surface area contributed by atoms with E-state index < -0.39 is 0 Å². The van der Waals surface area contributed by atoms with Crippen molar-refractivity contribution >= 4 is 33.4 Å². The minimum absolute atomic E-state index is 0.224. The fourth-order valence-electron chi connectivity index (χ4n) is 2.07. The van der Waals surface area contributed by atoms with E-state index in [0.717, 1.165) is 4.47 Å². The molecule has 7 heteroatoms. The summed E-state index contributed by atoms with van der Waals surface area (Å²) in [5.74, 6) is 1.77. The van der Waals surface area contributed by atoms with Gasteiger partial charge in [0.2, 0.25) is 6.79 Å². The molecule has 5 nitrogen and oxygen atoms in total. The number of fused-ring (bicyclic) bond motifs is 1. The van der Waals surface area contributed by atoms with Crippen molar-refractivity contribution in [2.24, 2.45) is 0 Å². The molecule has 0 aromatic heterocycles. The third kappa shape index (κ3) is 3.89. The predicted octanol–water partition coefficient (Wildman–Crippen LogP) is 3.64. The van der Waals surface area contributed by atoms with E-state index in [9.17, 15) is 4.79 Å². The topological polar surface area (TPSA) is 56.8 Å². The Morgan fingerprint density at radius 3 is 2.91 bits per heavy atom. The van der Waals surface area contributed by atoms with Crippen LogP contribution in [0.15, 0.2) is 40.9 Å². The lowest BCUT2D eigenvalue weighted by Gasteiger charge is -2.09. The Hall–Kier alpha value is -1.92. The van der Waals surface area contributed by atoms with Gasteiger partial charge in [0.1, 0.15) is 12.4 Å². The average Bonchev–Trinajstić information content (AvgIpc) is 3.01. The van der Waals surface area contributed by atoms with E-state index in [0.29, 0.717) is 41.0 Å². The molecule has 1 aliphatic heterocycles. The highest BCUT2D eigenvalue weighted by molar-refractivity contribution is 9.10. The Bertz CT molecular complexity index is 738. The number of ether oxygens (including phenoxy) is 3. The first-order valence-electron chi connectivity index (χ1n) is 6.89. The number of nitrogens with one attached hydrogen (secondary N) is 1. The maximum Gasteiger partial charge on any atom is 0.252 e. The second-order valence-electron chi connectivity index (χ2n) is 4.74. The number of hydrogen-bond acceptors (Lipinski definition) is 4. The van der Waals surface area contributed by atoms with E-state index in [4.69, 9.17) is 25.8 Å². The molecule has 1 heterocycles. The summed E-state index contributed by atoms with van der Waals surface area (Å²) in [6.07, 6.45) is 0. The van der Waals surface area contributed by atoms with Gasteiger partial charge in [0.25, 0.3) is 5.91 Å². The maximum absolute atomic E-state index is 12.1. The van der Waals surface area contributed by atoms with Gasteiger partial charge in [-0.2, -0.15) is 0 Å². The number of benzene rings is 2. The molecule has 0 unspecified atom stereocenters. The van der Waals surface area contributed by atoms with E-state index in [1.807, 2.05) is 0 Å². The molecule has 1 N–H and O–H groups in total. The summed E-state index contributed by atoms with van der Waals surface area (Å²) in [5.41, 5.74) is 0.420. The molecule has 3 rings (SSSR count). The smallest absolute Gasteiger partial charge is 0.252 e. The lowest BCUT2D eigenvalue weighted by atomic mass is 10.2. The molecule has 1 aliphatic rings. The van der Waals surface area contributed by atoms with Gasteiger partial charge >= 0.3 is 0 Å². The standard InChI is InChI=1S/C16H13BrClNO4/c17-10-1-3-13(18)12(7-10)16(20)19-5-6-21-11-2-4-14-15(8-11)23-9-22-14/h1-4,7-8H,5-6,9H2,(H,19,20). The zero-order chi connectivity index (χ0) is 16.2. The van der Waals surface area contributed by atoms with Gasteiger partial charge in [-0.25, -0.2) is 0 Å². The Labute approximate surface area is 146 Å². The van der Waals surface area contributed by atoms with Crippen molar-refractivity contribution in [3.63, 3.8) is 0 Å². The second-order valence-corrected chi connectivity index (χ2v) is 6.07. The lowest BCUT2D eigenvalue weighted by molar-refractivity contribution is 0.0947. The number of carbonyl (C=O) groups excluding carboxylic acids is 1. The number of halogens is 2. The minimum atomic E-state index is -0.245. The van der Waals surface area contributed by atoms with Crippen LogP contribution in [0.3, 0.4) is 0 Å². The summed E-state index contributed by atoms with van der Waals surface area (Å²) in [6.45, 7) is 0.912. The molecule has 0 atom stereocenters. The number of amides is 1. The van der Waals surface area contributed by atoms with E-state index in [1.165, 1.54) is 0 Å². The molecule has 0 radical (unpaired) electrons. The Morgan fingerprint density at radius 1 is 1.22 bits per heavy atom. The molecule has 2 aromatic rings. The third-order valence-electron chi connectivity index (χ3n) is 3.17. The largest absolute Gasteiger partial charge is 0.492 e. The van der Waals surface area contributed by atoms with Crippen LogP contribution in [0, 0.1) is 0 Å². The molecular weight excluding hydrogens is 386 g/mol. The number of carbonyl (C=O) groups is 1. The van der Waals surface area contributed by atoms with Crippen LogP contribution < -0.4 is 19.5 Å². The molecule has 0 spiro atoms. The van der Waals surface area contributed by atoms with Crippen LogP contribution in [0.2, 0.25) is 5.02 Å². The van der Waals surface area contributed by atoms with E-state index in [1.54, 1.807) is 36.4 Å². The van der Waals surface area contributed by atoms with Crippen molar-refractivity contribution in [1.29, 1.82) is 0 Å². The molecule has 0 aliphatic carbocycles. The molecule has 2 aromatic carbocycles. The monoisotopic (exact) mass is 397 g/mol. The van der Waals surface area contributed by atoms with E-state index >= 15 is 0 Å². The molecule has 0 saturated heterocycles. The Kier molecular flexibility index (Phi) is 4.93. The molecule has 0 saturated carbocycles. The highest BCUT2D eigenvalue weighted by Gasteiger charge is 2.14. The van der Waals surface area contributed by atoms with Crippen molar-refractivity contribution in [1.82, 2.24) is 5.32 Å². The zero-order valence-corrected chi connectivity index (χ0v) is 14.3. The van der Waals surface area contributed by atoms with Crippen LogP contribution in [0.4, 0.5) is 0 Å². The van der Waals surface area contributed by atoms with E-state index in [2.05, 4.69) is 21.2 Å². The zero-order valence-electron chi connectivity index (χ0n) is 12.0. The van der Waals surface area contributed by atoms with Crippen LogP contribution in [0.1, 0.15) is 10.4 Å². The Morgan fingerprint density at radius 2 is 2.04 bits per heavy atom. The van der Waals surface area contributed by atoms with Crippen molar-refractivity contribution in [2.75, 3.05) is 19.9 Å². The van der Waals surface area contributed by atoms with Gasteiger partial charge in [-0.3, -0.25) is 4.79 Å². The predicted molar refractivity (Wildman–Crippen MR) is 89.5 cm³/mol. The maximum atomic E-state index is 12.1. The highest BCUT2D eigenvalue weighted by atomic mass is 79.9. The van der Waals surface area contributed by atoms with Gasteiger partial charge in [-0.05, 0) is 30.3 Å². The van der Waals surface area contributed by atoms with Gasteiger partial charge in [0, 0.05) is 10.5 Å². The van der Waals surface area contributed by atoms with Crippen LogP contribution in [0.5, 0.6) is 17.2 Å². The quantitative estimate of drug-likeness (QED) is 0.781. The van der Waals surface area contributed by atoms with Crippen LogP contribution in [0.25, 0.3) is 0 Å². The van der Waals surface area contributed by atoms with Gasteiger partial charge in [-0.1, -0.05) is 27.5 Å². The van der Waals surface area contributed by atoms with Gasteiger partial charge in [0.05, 0.1) is 17.1 Å². The number of hydrogen-bond donors (Lipinski definition) is 1. The highest BCUT2D eigenvalue weighted by Crippen LogP contribution is 2.34. The minimum Gasteiger partial charge on any atom is -0.492 e.